The molecule has 0 radical (unpaired) electrons. The monoisotopic (exact) mass is 485 g/mol. The number of nitrogens with two attached hydrogens (primary N) is 2. The molecule has 3 amide bonds. The minimum absolute atomic E-state index is 0.0264. The summed E-state index contributed by atoms with van der Waals surface area (Å²) in [6.07, 6.45) is 0. The van der Waals surface area contributed by atoms with Crippen LogP contribution >= 0.6 is 11.5 Å². The van der Waals surface area contributed by atoms with Gasteiger partial charge in [0.1, 0.15) is 22.1 Å². The molecule has 0 aliphatic rings. The number of anilines is 2. The van der Waals surface area contributed by atoms with Gasteiger partial charge >= 0.3 is 0 Å². The Kier molecular flexibility index (Phi) is 6.96. The lowest BCUT2D eigenvalue weighted by Crippen LogP contribution is -2.49. The largest absolute Gasteiger partial charge is 0.497 e. The Balaban J connectivity index is 2.21. The number of furan rings is 1. The molecule has 1 unspecified atom stereocenters. The predicted molar refractivity (Wildman–Crippen MR) is 129 cm³/mol. The zero-order valence-corrected chi connectivity index (χ0v) is 20.4. The van der Waals surface area contributed by atoms with Crippen molar-refractivity contribution in [2.45, 2.75) is 39.3 Å². The van der Waals surface area contributed by atoms with E-state index in [1.54, 1.807) is 43.3 Å². The highest BCUT2D eigenvalue weighted by atomic mass is 32.1. The molecule has 3 rings (SSSR count). The number of primary amides is 1. The summed E-state index contributed by atoms with van der Waals surface area (Å²) in [5, 5.41) is 2.91. The number of carbonyl (C=O) groups excluding carboxylic acids is 3. The number of carbonyl (C=O) groups is 3. The van der Waals surface area contributed by atoms with E-state index in [9.17, 15) is 14.4 Å². The van der Waals surface area contributed by atoms with Crippen LogP contribution in [0.5, 0.6) is 5.75 Å². The number of nitrogens with zero attached hydrogens (tertiary/aromatic N) is 2. The van der Waals surface area contributed by atoms with Gasteiger partial charge in [0.25, 0.3) is 17.7 Å². The van der Waals surface area contributed by atoms with Crippen LogP contribution in [0, 0.1) is 6.92 Å². The van der Waals surface area contributed by atoms with Gasteiger partial charge in [-0.3, -0.25) is 19.3 Å². The van der Waals surface area contributed by atoms with E-state index in [4.69, 9.17) is 20.6 Å². The molecule has 0 saturated carbocycles. The maximum absolute atomic E-state index is 13.9. The lowest BCUT2D eigenvalue weighted by Gasteiger charge is -2.32. The first-order valence-corrected chi connectivity index (χ1v) is 11.1. The van der Waals surface area contributed by atoms with Crippen LogP contribution in [0.4, 0.5) is 11.4 Å². The van der Waals surface area contributed by atoms with Gasteiger partial charge in [-0.1, -0.05) is 0 Å². The van der Waals surface area contributed by atoms with Crippen LogP contribution in [0.25, 0.3) is 0 Å². The fourth-order valence-electron chi connectivity index (χ4n) is 3.28. The average molecular weight is 486 g/mol. The van der Waals surface area contributed by atoms with Crippen LogP contribution in [0.2, 0.25) is 0 Å². The molecule has 0 spiro atoms. The molecular weight excluding hydrogens is 458 g/mol. The third-order valence-electron chi connectivity index (χ3n) is 4.76. The number of nitrogen functional groups attached to an aromatic ring is 1. The van der Waals surface area contributed by atoms with Gasteiger partial charge in [0.15, 0.2) is 11.7 Å². The van der Waals surface area contributed by atoms with Gasteiger partial charge in [-0.2, -0.15) is 4.37 Å². The molecule has 0 fully saturated rings. The normalized spacial score (nSPS) is 12.1. The molecule has 34 heavy (non-hydrogen) atoms. The molecule has 0 saturated heterocycles. The highest BCUT2D eigenvalue weighted by Crippen LogP contribution is 2.34. The molecule has 1 atom stereocenters. The fraction of sp³-hybridized carbons (Fsp3) is 0.304. The summed E-state index contributed by atoms with van der Waals surface area (Å²) < 4.78 is 14.9. The second-order valence-corrected chi connectivity index (χ2v) is 9.38. The Bertz CT molecular complexity index is 1210. The number of methoxy groups -OCH3 is 1. The van der Waals surface area contributed by atoms with Crippen molar-refractivity contribution in [1.29, 1.82) is 0 Å². The van der Waals surface area contributed by atoms with Crippen LogP contribution in [0.15, 0.2) is 40.8 Å². The summed E-state index contributed by atoms with van der Waals surface area (Å²) >= 11 is 0.732. The standard InChI is InChI=1S/C23H27N5O5S/c1-12-6-11-15(33-12)18(21(30)26-23(2,3)4)28(13-7-9-14(32-5)10-8-13)22(31)19-16(24)17(20(25)29)27-34-19/h6-11,18H,24H2,1-5H3,(H2,25,29)(H,26,30). The number of aryl methyl sites for hydroxylation is 1. The van der Waals surface area contributed by atoms with Crippen molar-refractivity contribution < 1.29 is 23.5 Å². The van der Waals surface area contributed by atoms with E-state index >= 15 is 0 Å². The topological polar surface area (TPSA) is 154 Å². The van der Waals surface area contributed by atoms with Crippen molar-refractivity contribution in [3.05, 3.63) is 58.5 Å². The first kappa shape index (κ1) is 24.8. The van der Waals surface area contributed by atoms with E-state index in [0.717, 1.165) is 11.5 Å². The van der Waals surface area contributed by atoms with Crippen LogP contribution in [-0.4, -0.2) is 34.7 Å². The molecule has 180 valence electrons. The summed E-state index contributed by atoms with van der Waals surface area (Å²) in [5.41, 5.74) is 10.8. The Morgan fingerprint density at radius 1 is 1.15 bits per heavy atom. The van der Waals surface area contributed by atoms with E-state index in [0.29, 0.717) is 17.2 Å². The number of aromatic nitrogens is 1. The van der Waals surface area contributed by atoms with E-state index in [2.05, 4.69) is 9.69 Å². The molecule has 0 bridgehead atoms. The number of amides is 3. The van der Waals surface area contributed by atoms with Crippen LogP contribution in [0.1, 0.15) is 58.5 Å². The van der Waals surface area contributed by atoms with Crippen molar-refractivity contribution >= 4 is 40.6 Å². The van der Waals surface area contributed by atoms with Crippen LogP contribution < -0.4 is 26.4 Å². The van der Waals surface area contributed by atoms with Gasteiger partial charge in [-0.25, -0.2) is 0 Å². The Labute approximate surface area is 201 Å². The number of hydrogen-bond donors (Lipinski definition) is 3. The van der Waals surface area contributed by atoms with Crippen molar-refractivity contribution in [1.82, 2.24) is 9.69 Å². The number of rotatable bonds is 7. The maximum atomic E-state index is 13.9. The van der Waals surface area contributed by atoms with E-state index in [1.165, 1.54) is 12.0 Å². The van der Waals surface area contributed by atoms with Gasteiger partial charge in [0, 0.05) is 11.2 Å². The molecule has 5 N–H and O–H groups in total. The summed E-state index contributed by atoms with van der Waals surface area (Å²) in [6, 6.07) is 8.74. The van der Waals surface area contributed by atoms with Crippen LogP contribution in [-0.2, 0) is 4.79 Å². The number of hydrogen-bond acceptors (Lipinski definition) is 8. The van der Waals surface area contributed by atoms with Gasteiger partial charge in [-0.15, -0.1) is 0 Å². The lowest BCUT2D eigenvalue weighted by atomic mass is 10.1. The first-order chi connectivity index (χ1) is 15.9. The van der Waals surface area contributed by atoms with Crippen molar-refractivity contribution in [2.24, 2.45) is 5.73 Å². The maximum Gasteiger partial charge on any atom is 0.273 e. The summed E-state index contributed by atoms with van der Waals surface area (Å²) in [4.78, 5) is 40.3. The molecule has 0 aliphatic heterocycles. The van der Waals surface area contributed by atoms with Gasteiger partial charge in [0.2, 0.25) is 0 Å². The Morgan fingerprint density at radius 3 is 2.26 bits per heavy atom. The Morgan fingerprint density at radius 2 is 1.79 bits per heavy atom. The second kappa shape index (κ2) is 9.56. The van der Waals surface area contributed by atoms with Crippen molar-refractivity contribution in [3.63, 3.8) is 0 Å². The van der Waals surface area contributed by atoms with Gasteiger partial charge in [-0.05, 0) is 75.6 Å². The van der Waals surface area contributed by atoms with Crippen molar-refractivity contribution in [2.75, 3.05) is 17.7 Å². The predicted octanol–water partition coefficient (Wildman–Crippen LogP) is 3.04. The zero-order chi connectivity index (χ0) is 25.2. The molecule has 1 aromatic carbocycles. The number of nitrogens with one attached hydrogen (secondary N) is 1. The number of ether oxygens (including phenoxy) is 1. The fourth-order valence-corrected chi connectivity index (χ4v) is 4.02. The smallest absolute Gasteiger partial charge is 0.273 e. The highest BCUT2D eigenvalue weighted by molar-refractivity contribution is 7.09. The SMILES string of the molecule is COc1ccc(N(C(=O)c2snc(C(N)=O)c2N)C(C(=O)NC(C)(C)C)c2ccc(C)o2)cc1. The highest BCUT2D eigenvalue weighted by Gasteiger charge is 2.38. The molecule has 0 aliphatic carbocycles. The molecule has 2 aromatic heterocycles. The number of benzene rings is 1. The van der Waals surface area contributed by atoms with Crippen molar-refractivity contribution in [3.8, 4) is 5.75 Å². The third-order valence-corrected chi connectivity index (χ3v) is 5.61. The van der Waals surface area contributed by atoms with Gasteiger partial charge < -0.3 is 25.9 Å². The zero-order valence-electron chi connectivity index (χ0n) is 19.5. The quantitative estimate of drug-likeness (QED) is 0.465. The molecular formula is C23H27N5O5S. The molecule has 2 heterocycles. The van der Waals surface area contributed by atoms with E-state index in [1.807, 2.05) is 20.8 Å². The third kappa shape index (κ3) is 5.20. The van der Waals surface area contributed by atoms with Gasteiger partial charge in [0.05, 0.1) is 12.8 Å². The minimum Gasteiger partial charge on any atom is -0.497 e. The summed E-state index contributed by atoms with van der Waals surface area (Å²) in [6.45, 7) is 7.22. The van der Waals surface area contributed by atoms with E-state index < -0.39 is 29.3 Å². The first-order valence-electron chi connectivity index (χ1n) is 10.3. The second-order valence-electron chi connectivity index (χ2n) is 8.60. The molecule has 3 aromatic rings. The minimum atomic E-state index is -1.19. The Hall–Kier alpha value is -3.86. The van der Waals surface area contributed by atoms with E-state index in [-0.39, 0.29) is 22.0 Å². The van der Waals surface area contributed by atoms with Crippen LogP contribution in [0.3, 0.4) is 0 Å². The average Bonchev–Trinajstić information content (AvgIpc) is 3.35. The summed E-state index contributed by atoms with van der Waals surface area (Å²) in [7, 11) is 1.52. The molecule has 11 heteroatoms. The summed E-state index contributed by atoms with van der Waals surface area (Å²) in [5.74, 6) is -0.581. The lowest BCUT2D eigenvalue weighted by molar-refractivity contribution is -0.124. The molecule has 10 nitrogen and oxygen atoms in total.